The Labute approximate surface area is 124 Å². The predicted molar refractivity (Wildman–Crippen MR) is 81.6 cm³/mol. The lowest BCUT2D eigenvalue weighted by molar-refractivity contribution is 0.0773. The van der Waals surface area contributed by atoms with E-state index >= 15 is 0 Å². The van der Waals surface area contributed by atoms with Crippen LogP contribution in [0.4, 0.5) is 0 Å². The second kappa shape index (κ2) is 6.92. The van der Waals surface area contributed by atoms with Crippen LogP contribution in [-0.4, -0.2) is 41.2 Å². The van der Waals surface area contributed by atoms with Crippen LogP contribution in [0.1, 0.15) is 28.5 Å². The molecule has 0 atom stereocenters. The van der Waals surface area contributed by atoms with Gasteiger partial charge in [0, 0.05) is 12.7 Å². The minimum absolute atomic E-state index is 0.0498. The summed E-state index contributed by atoms with van der Waals surface area (Å²) in [5.74, 6) is 0.777. The Morgan fingerprint density at radius 2 is 2.05 bits per heavy atom. The van der Waals surface area contributed by atoms with Gasteiger partial charge >= 0.3 is 0 Å². The summed E-state index contributed by atoms with van der Waals surface area (Å²) in [5.41, 5.74) is 2.66. The van der Waals surface area contributed by atoms with E-state index < -0.39 is 0 Å². The number of nitrogens with zero attached hydrogens (tertiary/aromatic N) is 2. The van der Waals surface area contributed by atoms with E-state index in [1.165, 1.54) is 5.56 Å². The average molecular weight is 287 g/mol. The van der Waals surface area contributed by atoms with Crippen molar-refractivity contribution in [3.8, 4) is 5.75 Å². The molecule has 2 rings (SSSR count). The minimum atomic E-state index is -0.0498. The van der Waals surface area contributed by atoms with E-state index in [1.807, 2.05) is 19.1 Å². The van der Waals surface area contributed by atoms with Gasteiger partial charge in [-0.15, -0.1) is 0 Å². The molecule has 0 saturated heterocycles. The minimum Gasteiger partial charge on any atom is -0.492 e. The first kappa shape index (κ1) is 15.1. The number of aromatic amines is 1. The number of carbonyl (C=O) groups is 1. The summed E-state index contributed by atoms with van der Waals surface area (Å²) in [6.07, 6.45) is 2.57. The van der Waals surface area contributed by atoms with Gasteiger partial charge in [-0.25, -0.2) is 0 Å². The van der Waals surface area contributed by atoms with Gasteiger partial charge in [-0.2, -0.15) is 5.10 Å². The van der Waals surface area contributed by atoms with Gasteiger partial charge in [0.25, 0.3) is 5.91 Å². The largest absolute Gasteiger partial charge is 0.492 e. The smallest absolute Gasteiger partial charge is 0.257 e. The van der Waals surface area contributed by atoms with E-state index in [-0.39, 0.29) is 5.91 Å². The van der Waals surface area contributed by atoms with Crippen LogP contribution in [0.5, 0.6) is 5.75 Å². The van der Waals surface area contributed by atoms with Crippen molar-refractivity contribution in [3.05, 3.63) is 47.3 Å². The number of benzene rings is 1. The van der Waals surface area contributed by atoms with Gasteiger partial charge in [0.15, 0.2) is 0 Å². The fourth-order valence-electron chi connectivity index (χ4n) is 2.00. The van der Waals surface area contributed by atoms with Crippen molar-refractivity contribution in [2.24, 2.45) is 0 Å². The first-order valence-corrected chi connectivity index (χ1v) is 7.09. The summed E-state index contributed by atoms with van der Waals surface area (Å²) < 4.78 is 5.66. The molecule has 5 nitrogen and oxygen atoms in total. The van der Waals surface area contributed by atoms with E-state index in [0.717, 1.165) is 17.9 Å². The van der Waals surface area contributed by atoms with Gasteiger partial charge in [0.1, 0.15) is 12.4 Å². The fraction of sp³-hybridized carbons (Fsp3) is 0.375. The zero-order chi connectivity index (χ0) is 15.2. The van der Waals surface area contributed by atoms with Crippen LogP contribution in [0, 0.1) is 6.92 Å². The highest BCUT2D eigenvalue weighted by Crippen LogP contribution is 2.12. The van der Waals surface area contributed by atoms with Crippen molar-refractivity contribution in [1.82, 2.24) is 15.1 Å². The van der Waals surface area contributed by atoms with Crippen molar-refractivity contribution in [3.63, 3.8) is 0 Å². The molecule has 0 aliphatic rings. The van der Waals surface area contributed by atoms with Crippen LogP contribution < -0.4 is 4.74 Å². The third kappa shape index (κ3) is 3.84. The van der Waals surface area contributed by atoms with Crippen LogP contribution in [0.2, 0.25) is 0 Å². The normalized spacial score (nSPS) is 10.4. The van der Waals surface area contributed by atoms with Crippen LogP contribution in [0.15, 0.2) is 30.5 Å². The fourth-order valence-corrected chi connectivity index (χ4v) is 2.00. The number of carbonyl (C=O) groups excluding carboxylic acids is 1. The maximum atomic E-state index is 12.2. The zero-order valence-corrected chi connectivity index (χ0v) is 12.7. The zero-order valence-electron chi connectivity index (χ0n) is 12.7. The second-order valence-electron chi connectivity index (χ2n) is 4.98. The molecule has 0 bridgehead atoms. The molecule has 1 heterocycles. The quantitative estimate of drug-likeness (QED) is 0.887. The molecule has 0 aliphatic heterocycles. The predicted octanol–water partition coefficient (Wildman–Crippen LogP) is 2.43. The van der Waals surface area contributed by atoms with E-state index in [0.29, 0.717) is 18.7 Å². The first-order valence-electron chi connectivity index (χ1n) is 7.09. The van der Waals surface area contributed by atoms with Gasteiger partial charge in [-0.05, 0) is 31.0 Å². The second-order valence-corrected chi connectivity index (χ2v) is 4.98. The maximum Gasteiger partial charge on any atom is 0.257 e. The molecular weight excluding hydrogens is 266 g/mol. The average Bonchev–Trinajstić information content (AvgIpc) is 2.93. The van der Waals surface area contributed by atoms with Crippen molar-refractivity contribution >= 4 is 5.91 Å². The summed E-state index contributed by atoms with van der Waals surface area (Å²) in [4.78, 5) is 13.8. The van der Waals surface area contributed by atoms with Crippen LogP contribution >= 0.6 is 0 Å². The standard InChI is InChI=1S/C16H21N3O2/c1-4-13-5-7-14(8-6-13)21-10-9-19(3)16(20)15-11-17-18-12(15)2/h5-8,11H,4,9-10H2,1-3H3,(H,17,18). The number of amides is 1. The Balaban J connectivity index is 1.82. The Morgan fingerprint density at radius 1 is 1.33 bits per heavy atom. The number of hydrogen-bond acceptors (Lipinski definition) is 3. The lowest BCUT2D eigenvalue weighted by Gasteiger charge is -2.17. The molecule has 112 valence electrons. The molecule has 0 radical (unpaired) electrons. The molecule has 0 unspecified atom stereocenters. The summed E-state index contributed by atoms with van der Waals surface area (Å²) >= 11 is 0. The van der Waals surface area contributed by atoms with Gasteiger partial charge in [0.2, 0.25) is 0 Å². The SMILES string of the molecule is CCc1ccc(OCCN(C)C(=O)c2cn[nH]c2C)cc1. The summed E-state index contributed by atoms with van der Waals surface area (Å²) in [6, 6.07) is 8.03. The lowest BCUT2D eigenvalue weighted by Crippen LogP contribution is -2.31. The highest BCUT2D eigenvalue weighted by Gasteiger charge is 2.15. The molecule has 0 saturated carbocycles. The molecule has 21 heavy (non-hydrogen) atoms. The molecule has 1 N–H and O–H groups in total. The molecular formula is C16H21N3O2. The summed E-state index contributed by atoms with van der Waals surface area (Å²) in [7, 11) is 1.76. The highest BCUT2D eigenvalue weighted by molar-refractivity contribution is 5.94. The molecule has 2 aromatic rings. The Kier molecular flexibility index (Phi) is 4.98. The van der Waals surface area contributed by atoms with Crippen molar-refractivity contribution < 1.29 is 9.53 Å². The number of aryl methyl sites for hydroxylation is 2. The summed E-state index contributed by atoms with van der Waals surface area (Å²) in [5, 5.41) is 6.63. The number of ether oxygens (including phenoxy) is 1. The molecule has 1 aromatic heterocycles. The molecule has 1 amide bonds. The molecule has 0 fully saturated rings. The lowest BCUT2D eigenvalue weighted by atomic mass is 10.2. The first-order chi connectivity index (χ1) is 10.1. The van der Waals surface area contributed by atoms with E-state index in [2.05, 4.69) is 29.3 Å². The molecule has 5 heteroatoms. The third-order valence-corrected chi connectivity index (χ3v) is 3.43. The van der Waals surface area contributed by atoms with Gasteiger partial charge in [0.05, 0.1) is 18.3 Å². The van der Waals surface area contributed by atoms with Crippen molar-refractivity contribution in [1.29, 1.82) is 0 Å². The van der Waals surface area contributed by atoms with Crippen LogP contribution in [-0.2, 0) is 6.42 Å². The Bertz CT molecular complexity index is 590. The summed E-state index contributed by atoms with van der Waals surface area (Å²) in [6.45, 7) is 4.94. The van der Waals surface area contributed by atoms with E-state index in [9.17, 15) is 4.79 Å². The molecule has 0 aliphatic carbocycles. The highest BCUT2D eigenvalue weighted by atomic mass is 16.5. The number of nitrogens with one attached hydrogen (secondary N) is 1. The maximum absolute atomic E-state index is 12.2. The van der Waals surface area contributed by atoms with E-state index in [4.69, 9.17) is 4.74 Å². The topological polar surface area (TPSA) is 58.2 Å². The number of likely N-dealkylation sites (N-methyl/N-ethyl adjacent to an activating group) is 1. The number of H-pyrrole nitrogens is 1. The number of aromatic nitrogens is 2. The van der Waals surface area contributed by atoms with Gasteiger partial charge in [-0.1, -0.05) is 19.1 Å². The van der Waals surface area contributed by atoms with Crippen LogP contribution in [0.3, 0.4) is 0 Å². The Hall–Kier alpha value is -2.30. The monoisotopic (exact) mass is 287 g/mol. The molecule has 1 aromatic carbocycles. The third-order valence-electron chi connectivity index (χ3n) is 3.43. The number of hydrogen-bond donors (Lipinski definition) is 1. The van der Waals surface area contributed by atoms with E-state index in [1.54, 1.807) is 18.1 Å². The van der Waals surface area contributed by atoms with Crippen molar-refractivity contribution in [2.75, 3.05) is 20.2 Å². The van der Waals surface area contributed by atoms with Gasteiger partial charge < -0.3 is 9.64 Å². The number of rotatable bonds is 6. The van der Waals surface area contributed by atoms with Gasteiger partial charge in [-0.3, -0.25) is 9.89 Å². The van der Waals surface area contributed by atoms with Crippen LogP contribution in [0.25, 0.3) is 0 Å². The van der Waals surface area contributed by atoms with Crippen molar-refractivity contribution in [2.45, 2.75) is 20.3 Å². The molecule has 0 spiro atoms. The Morgan fingerprint density at radius 3 is 2.62 bits per heavy atom.